The summed E-state index contributed by atoms with van der Waals surface area (Å²) in [5.41, 5.74) is 0.853. The SMILES string of the molecule is O=C(Cc1n[nH]c(=O)[nH]1)N1CCc2sccc2C1. The molecule has 0 aliphatic carbocycles. The number of nitrogens with one attached hydrogen (secondary N) is 2. The van der Waals surface area contributed by atoms with Gasteiger partial charge >= 0.3 is 5.69 Å². The molecule has 0 fully saturated rings. The van der Waals surface area contributed by atoms with Gasteiger partial charge in [-0.1, -0.05) is 0 Å². The maximum Gasteiger partial charge on any atom is 0.340 e. The Morgan fingerprint density at radius 3 is 3.22 bits per heavy atom. The molecule has 2 N–H and O–H groups in total. The predicted octanol–water partition coefficient (Wildman–Crippen LogP) is 0.287. The molecule has 0 radical (unpaired) electrons. The molecule has 3 heterocycles. The highest BCUT2D eigenvalue weighted by Crippen LogP contribution is 2.24. The van der Waals surface area contributed by atoms with E-state index in [0.717, 1.165) is 13.0 Å². The summed E-state index contributed by atoms with van der Waals surface area (Å²) in [5.74, 6) is 0.385. The Balaban J connectivity index is 1.69. The number of thiophene rings is 1. The van der Waals surface area contributed by atoms with Crippen molar-refractivity contribution in [1.82, 2.24) is 20.1 Å². The lowest BCUT2D eigenvalue weighted by molar-refractivity contribution is -0.131. The zero-order chi connectivity index (χ0) is 12.5. The molecule has 2 aromatic rings. The van der Waals surface area contributed by atoms with Gasteiger partial charge in [0.1, 0.15) is 5.82 Å². The largest absolute Gasteiger partial charge is 0.340 e. The van der Waals surface area contributed by atoms with E-state index in [-0.39, 0.29) is 18.0 Å². The van der Waals surface area contributed by atoms with Gasteiger partial charge in [-0.2, -0.15) is 5.10 Å². The molecule has 18 heavy (non-hydrogen) atoms. The number of amides is 1. The van der Waals surface area contributed by atoms with E-state index in [1.165, 1.54) is 10.4 Å². The lowest BCUT2D eigenvalue weighted by atomic mass is 10.1. The molecule has 0 unspecified atom stereocenters. The van der Waals surface area contributed by atoms with E-state index < -0.39 is 0 Å². The van der Waals surface area contributed by atoms with Crippen LogP contribution in [0, 0.1) is 0 Å². The van der Waals surface area contributed by atoms with Crippen molar-refractivity contribution in [2.75, 3.05) is 6.54 Å². The minimum absolute atomic E-state index is 0.00500. The van der Waals surface area contributed by atoms with Crippen molar-refractivity contribution in [3.05, 3.63) is 38.2 Å². The number of hydrogen-bond acceptors (Lipinski definition) is 4. The summed E-state index contributed by atoms with van der Waals surface area (Å²) in [6.45, 7) is 1.40. The zero-order valence-corrected chi connectivity index (χ0v) is 10.4. The first-order valence-electron chi connectivity index (χ1n) is 5.69. The average Bonchev–Trinajstić information content (AvgIpc) is 2.96. The zero-order valence-electron chi connectivity index (χ0n) is 9.60. The quantitative estimate of drug-likeness (QED) is 0.817. The summed E-state index contributed by atoms with van der Waals surface area (Å²) in [6, 6.07) is 2.07. The second-order valence-electron chi connectivity index (χ2n) is 4.24. The first kappa shape index (κ1) is 11.2. The van der Waals surface area contributed by atoms with Gasteiger partial charge in [0, 0.05) is 18.0 Å². The molecule has 7 heteroatoms. The minimum Gasteiger partial charge on any atom is -0.338 e. The third kappa shape index (κ3) is 2.08. The number of carbonyl (C=O) groups is 1. The first-order valence-corrected chi connectivity index (χ1v) is 6.57. The number of H-pyrrole nitrogens is 2. The fourth-order valence-electron chi connectivity index (χ4n) is 2.11. The number of hydrogen-bond donors (Lipinski definition) is 2. The van der Waals surface area contributed by atoms with E-state index in [1.54, 1.807) is 11.3 Å². The highest BCUT2D eigenvalue weighted by molar-refractivity contribution is 7.10. The topological polar surface area (TPSA) is 81.8 Å². The number of carbonyl (C=O) groups excluding carboxylic acids is 1. The van der Waals surface area contributed by atoms with Crippen LogP contribution in [0.25, 0.3) is 0 Å². The Kier molecular flexibility index (Phi) is 2.75. The third-order valence-electron chi connectivity index (χ3n) is 3.03. The molecule has 6 nitrogen and oxygen atoms in total. The van der Waals surface area contributed by atoms with Gasteiger partial charge in [0.2, 0.25) is 5.91 Å². The summed E-state index contributed by atoms with van der Waals surface area (Å²) in [7, 11) is 0. The smallest absolute Gasteiger partial charge is 0.338 e. The fourth-order valence-corrected chi connectivity index (χ4v) is 2.99. The van der Waals surface area contributed by atoms with Crippen molar-refractivity contribution >= 4 is 17.2 Å². The Labute approximate surface area is 107 Å². The van der Waals surface area contributed by atoms with Crippen LogP contribution in [-0.2, 0) is 24.2 Å². The standard InChI is InChI=1S/C11H12N4O2S/c16-10(5-9-12-11(17)14-13-9)15-3-1-8-7(6-15)2-4-18-8/h2,4H,1,3,5-6H2,(H2,12,13,14,17). The number of nitrogens with zero attached hydrogens (tertiary/aromatic N) is 2. The maximum atomic E-state index is 12.1. The van der Waals surface area contributed by atoms with Crippen molar-refractivity contribution in [1.29, 1.82) is 0 Å². The van der Waals surface area contributed by atoms with E-state index in [2.05, 4.69) is 26.6 Å². The van der Waals surface area contributed by atoms with Gasteiger partial charge < -0.3 is 4.90 Å². The Morgan fingerprint density at radius 1 is 1.56 bits per heavy atom. The molecule has 0 spiro atoms. The van der Waals surface area contributed by atoms with Crippen LogP contribution in [-0.4, -0.2) is 32.5 Å². The maximum absolute atomic E-state index is 12.1. The number of aromatic nitrogens is 3. The van der Waals surface area contributed by atoms with Gasteiger partial charge in [0.05, 0.1) is 6.42 Å². The minimum atomic E-state index is -0.378. The number of fused-ring (bicyclic) bond motifs is 1. The highest BCUT2D eigenvalue weighted by atomic mass is 32.1. The van der Waals surface area contributed by atoms with Crippen molar-refractivity contribution in [3.8, 4) is 0 Å². The first-order chi connectivity index (χ1) is 8.72. The summed E-state index contributed by atoms with van der Waals surface area (Å²) in [4.78, 5) is 28.6. The normalized spacial score (nSPS) is 14.6. The van der Waals surface area contributed by atoms with Crippen LogP contribution < -0.4 is 5.69 Å². The van der Waals surface area contributed by atoms with E-state index in [0.29, 0.717) is 12.4 Å². The van der Waals surface area contributed by atoms with Gasteiger partial charge in [-0.05, 0) is 23.4 Å². The van der Waals surface area contributed by atoms with Gasteiger partial charge in [-0.15, -0.1) is 11.3 Å². The molecule has 0 atom stereocenters. The van der Waals surface area contributed by atoms with Crippen LogP contribution in [0.3, 0.4) is 0 Å². The van der Waals surface area contributed by atoms with Crippen molar-refractivity contribution in [2.45, 2.75) is 19.4 Å². The van der Waals surface area contributed by atoms with Gasteiger partial charge in [0.25, 0.3) is 0 Å². The van der Waals surface area contributed by atoms with Gasteiger partial charge in [-0.25, -0.2) is 9.89 Å². The second-order valence-corrected chi connectivity index (χ2v) is 5.24. The van der Waals surface area contributed by atoms with Crippen LogP contribution in [0.4, 0.5) is 0 Å². The third-order valence-corrected chi connectivity index (χ3v) is 4.05. The lowest BCUT2D eigenvalue weighted by Gasteiger charge is -2.26. The molecular weight excluding hydrogens is 252 g/mol. The van der Waals surface area contributed by atoms with Crippen LogP contribution >= 0.6 is 11.3 Å². The van der Waals surface area contributed by atoms with E-state index in [1.807, 2.05) is 4.90 Å². The lowest BCUT2D eigenvalue weighted by Crippen LogP contribution is -2.36. The van der Waals surface area contributed by atoms with E-state index in [9.17, 15) is 9.59 Å². The number of rotatable bonds is 2. The highest BCUT2D eigenvalue weighted by Gasteiger charge is 2.22. The molecule has 1 amide bonds. The van der Waals surface area contributed by atoms with E-state index >= 15 is 0 Å². The monoisotopic (exact) mass is 264 g/mol. The van der Waals surface area contributed by atoms with Crippen LogP contribution in [0.1, 0.15) is 16.3 Å². The van der Waals surface area contributed by atoms with Crippen molar-refractivity contribution in [2.24, 2.45) is 0 Å². The van der Waals surface area contributed by atoms with Crippen molar-refractivity contribution in [3.63, 3.8) is 0 Å². The molecule has 0 saturated carbocycles. The van der Waals surface area contributed by atoms with Gasteiger partial charge in [0.15, 0.2) is 0 Å². The fraction of sp³-hybridized carbons (Fsp3) is 0.364. The Morgan fingerprint density at radius 2 is 2.44 bits per heavy atom. The van der Waals surface area contributed by atoms with Crippen LogP contribution in [0.5, 0.6) is 0 Å². The molecule has 2 aromatic heterocycles. The molecule has 0 aromatic carbocycles. The summed E-state index contributed by atoms with van der Waals surface area (Å²) in [5, 5.41) is 8.06. The van der Waals surface area contributed by atoms with Crippen LogP contribution in [0.2, 0.25) is 0 Å². The molecule has 3 rings (SSSR count). The number of aromatic amines is 2. The Bertz CT molecular complexity index is 627. The molecule has 0 bridgehead atoms. The molecular formula is C11H12N4O2S. The average molecular weight is 264 g/mol. The summed E-state index contributed by atoms with van der Waals surface area (Å²) >= 11 is 1.74. The van der Waals surface area contributed by atoms with Crippen LogP contribution in [0.15, 0.2) is 16.2 Å². The molecule has 1 aliphatic heterocycles. The summed E-state index contributed by atoms with van der Waals surface area (Å²) in [6.07, 6.45) is 1.05. The van der Waals surface area contributed by atoms with Crippen molar-refractivity contribution < 1.29 is 4.79 Å². The van der Waals surface area contributed by atoms with Gasteiger partial charge in [-0.3, -0.25) is 9.78 Å². The van der Waals surface area contributed by atoms with E-state index in [4.69, 9.17) is 0 Å². The predicted molar refractivity (Wildman–Crippen MR) is 66.4 cm³/mol. The second kappa shape index (κ2) is 4.41. The molecule has 1 aliphatic rings. The Hall–Kier alpha value is -1.89. The molecule has 0 saturated heterocycles. The molecule has 94 valence electrons. The summed E-state index contributed by atoms with van der Waals surface area (Å²) < 4.78 is 0.